The summed E-state index contributed by atoms with van der Waals surface area (Å²) in [4.78, 5) is 22.0. The molecule has 2 aromatic rings. The second-order valence-electron chi connectivity index (χ2n) is 6.89. The van der Waals surface area contributed by atoms with Crippen LogP contribution in [-0.2, 0) is 4.79 Å². The first-order chi connectivity index (χ1) is 11.5. The molecule has 0 saturated carbocycles. The number of hydrogen-bond donors (Lipinski definition) is 2. The molecule has 3 rings (SSSR count). The Kier molecular flexibility index (Phi) is 4.99. The molecule has 0 aromatic carbocycles. The molecule has 0 bridgehead atoms. The number of rotatable bonds is 4. The summed E-state index contributed by atoms with van der Waals surface area (Å²) >= 11 is 6.52. The van der Waals surface area contributed by atoms with Gasteiger partial charge in [-0.15, -0.1) is 0 Å². The maximum atomic E-state index is 12.1. The molecule has 1 amide bonds. The van der Waals surface area contributed by atoms with Gasteiger partial charge < -0.3 is 15.2 Å². The Hall–Kier alpha value is -1.75. The predicted molar refractivity (Wildman–Crippen MR) is 99.8 cm³/mol. The van der Waals surface area contributed by atoms with Gasteiger partial charge in [0.05, 0.1) is 28.0 Å². The summed E-state index contributed by atoms with van der Waals surface area (Å²) in [5.41, 5.74) is 2.50. The highest BCUT2D eigenvalue weighted by molar-refractivity contribution is 6.35. The highest BCUT2D eigenvalue weighted by Crippen LogP contribution is 2.39. The van der Waals surface area contributed by atoms with Gasteiger partial charge >= 0.3 is 0 Å². The Morgan fingerprint density at radius 1 is 1.54 bits per heavy atom. The van der Waals surface area contributed by atoms with Crippen LogP contribution in [0.4, 0.5) is 11.4 Å². The number of pyridine rings is 1. The second-order valence-corrected chi connectivity index (χ2v) is 7.29. The molecule has 2 N–H and O–H groups in total. The molecule has 1 fully saturated rings. The van der Waals surface area contributed by atoms with E-state index in [9.17, 15) is 4.79 Å². The first-order valence-electron chi connectivity index (χ1n) is 8.72. The standard InChI is InChI=1S/C18H25ClN4O/c1-4-12-6-5-7-23(10-12)16-13(19)8-20-17-15(16)14(9-21-17)22-18(24)11(2)3/h8-9,11-12H,4-7,10H2,1-3H3,(H,20,21)(H,22,24)/t12-/m1/s1. The van der Waals surface area contributed by atoms with E-state index >= 15 is 0 Å². The van der Waals surface area contributed by atoms with Gasteiger partial charge in [0, 0.05) is 25.2 Å². The lowest BCUT2D eigenvalue weighted by molar-refractivity contribution is -0.118. The van der Waals surface area contributed by atoms with E-state index < -0.39 is 0 Å². The maximum Gasteiger partial charge on any atom is 0.226 e. The molecule has 1 saturated heterocycles. The van der Waals surface area contributed by atoms with Crippen molar-refractivity contribution in [2.24, 2.45) is 11.8 Å². The van der Waals surface area contributed by atoms with Crippen LogP contribution < -0.4 is 10.2 Å². The van der Waals surface area contributed by atoms with Gasteiger partial charge in [-0.05, 0) is 18.8 Å². The van der Waals surface area contributed by atoms with E-state index in [-0.39, 0.29) is 11.8 Å². The van der Waals surface area contributed by atoms with E-state index in [2.05, 4.69) is 27.1 Å². The van der Waals surface area contributed by atoms with Crippen LogP contribution in [-0.4, -0.2) is 29.0 Å². The summed E-state index contributed by atoms with van der Waals surface area (Å²) in [5, 5.41) is 4.55. The van der Waals surface area contributed by atoms with Crippen LogP contribution in [0.5, 0.6) is 0 Å². The Morgan fingerprint density at radius 3 is 3.04 bits per heavy atom. The topological polar surface area (TPSA) is 61.0 Å². The summed E-state index contributed by atoms with van der Waals surface area (Å²) in [6.07, 6.45) is 7.10. The van der Waals surface area contributed by atoms with Gasteiger partial charge in [0.2, 0.25) is 5.91 Å². The van der Waals surface area contributed by atoms with E-state index in [1.165, 1.54) is 12.8 Å². The van der Waals surface area contributed by atoms with E-state index in [0.29, 0.717) is 10.9 Å². The lowest BCUT2D eigenvalue weighted by Gasteiger charge is -2.35. The first-order valence-corrected chi connectivity index (χ1v) is 9.10. The van der Waals surface area contributed by atoms with Crippen molar-refractivity contribution in [3.63, 3.8) is 0 Å². The van der Waals surface area contributed by atoms with E-state index in [0.717, 1.165) is 41.9 Å². The number of nitrogens with zero attached hydrogens (tertiary/aromatic N) is 2. The molecule has 1 atom stereocenters. The number of aromatic amines is 1. The Balaban J connectivity index is 2.04. The van der Waals surface area contributed by atoms with Gasteiger partial charge in [0.15, 0.2) is 0 Å². The number of fused-ring (bicyclic) bond motifs is 1. The van der Waals surface area contributed by atoms with Crippen molar-refractivity contribution in [2.75, 3.05) is 23.3 Å². The van der Waals surface area contributed by atoms with Gasteiger partial charge in [-0.3, -0.25) is 4.79 Å². The van der Waals surface area contributed by atoms with Crippen molar-refractivity contribution in [3.05, 3.63) is 17.4 Å². The third-order valence-corrected chi connectivity index (χ3v) is 5.10. The van der Waals surface area contributed by atoms with Crippen molar-refractivity contribution in [1.29, 1.82) is 0 Å². The van der Waals surface area contributed by atoms with Crippen molar-refractivity contribution in [3.8, 4) is 0 Å². The largest absolute Gasteiger partial charge is 0.369 e. The lowest BCUT2D eigenvalue weighted by atomic mass is 9.95. The smallest absolute Gasteiger partial charge is 0.226 e. The molecule has 1 aliphatic rings. The number of aromatic nitrogens is 2. The van der Waals surface area contributed by atoms with Gasteiger partial charge in [-0.25, -0.2) is 4.98 Å². The maximum absolute atomic E-state index is 12.1. The number of H-pyrrole nitrogens is 1. The Morgan fingerprint density at radius 2 is 2.33 bits per heavy atom. The van der Waals surface area contributed by atoms with Crippen molar-refractivity contribution < 1.29 is 4.79 Å². The summed E-state index contributed by atoms with van der Waals surface area (Å²) in [6, 6.07) is 0. The summed E-state index contributed by atoms with van der Waals surface area (Å²) in [5.74, 6) is 0.600. The number of carbonyl (C=O) groups is 1. The molecule has 24 heavy (non-hydrogen) atoms. The molecule has 130 valence electrons. The van der Waals surface area contributed by atoms with Crippen molar-refractivity contribution in [2.45, 2.75) is 40.0 Å². The number of piperidine rings is 1. The zero-order valence-corrected chi connectivity index (χ0v) is 15.3. The zero-order chi connectivity index (χ0) is 17.3. The van der Waals surface area contributed by atoms with Crippen LogP contribution in [0.15, 0.2) is 12.4 Å². The predicted octanol–water partition coefficient (Wildman–Crippen LogP) is 4.44. The Bertz CT molecular complexity index is 740. The molecule has 0 spiro atoms. The van der Waals surface area contributed by atoms with Crippen LogP contribution in [0.3, 0.4) is 0 Å². The molecule has 2 aromatic heterocycles. The van der Waals surface area contributed by atoms with Crippen LogP contribution in [0.2, 0.25) is 5.02 Å². The third kappa shape index (κ3) is 3.22. The average molecular weight is 349 g/mol. The van der Waals surface area contributed by atoms with Crippen LogP contribution in [0.1, 0.15) is 40.0 Å². The molecule has 3 heterocycles. The fraction of sp³-hybridized carbons (Fsp3) is 0.556. The number of amides is 1. The van der Waals surface area contributed by atoms with E-state index in [4.69, 9.17) is 11.6 Å². The average Bonchev–Trinajstić information content (AvgIpc) is 2.97. The van der Waals surface area contributed by atoms with Gasteiger partial charge in [-0.2, -0.15) is 0 Å². The number of nitrogens with one attached hydrogen (secondary N) is 2. The fourth-order valence-electron chi connectivity index (χ4n) is 3.34. The number of anilines is 2. The zero-order valence-electron chi connectivity index (χ0n) is 14.5. The third-order valence-electron chi connectivity index (χ3n) is 4.82. The minimum atomic E-state index is -0.0787. The van der Waals surface area contributed by atoms with Gasteiger partial charge in [-0.1, -0.05) is 38.8 Å². The molecule has 0 aliphatic carbocycles. The monoisotopic (exact) mass is 348 g/mol. The molecule has 0 radical (unpaired) electrons. The molecule has 1 aliphatic heterocycles. The minimum absolute atomic E-state index is 0.00750. The normalized spacial score (nSPS) is 18.4. The highest BCUT2D eigenvalue weighted by atomic mass is 35.5. The number of carbonyl (C=O) groups excluding carboxylic acids is 1. The number of hydrogen-bond acceptors (Lipinski definition) is 3. The summed E-state index contributed by atoms with van der Waals surface area (Å²) < 4.78 is 0. The molecule has 5 nitrogen and oxygen atoms in total. The quantitative estimate of drug-likeness (QED) is 0.858. The van der Waals surface area contributed by atoms with Crippen LogP contribution in [0, 0.1) is 11.8 Å². The van der Waals surface area contributed by atoms with Gasteiger partial charge in [0.25, 0.3) is 0 Å². The summed E-state index contributed by atoms with van der Waals surface area (Å²) in [6.45, 7) is 7.98. The van der Waals surface area contributed by atoms with Crippen molar-refractivity contribution >= 4 is 39.9 Å². The van der Waals surface area contributed by atoms with Crippen LogP contribution >= 0.6 is 11.6 Å². The SMILES string of the molecule is CC[C@@H]1CCCN(c2c(Cl)cnc3[nH]cc(NC(=O)C(C)C)c23)C1. The molecule has 6 heteroatoms. The highest BCUT2D eigenvalue weighted by Gasteiger charge is 2.25. The van der Waals surface area contributed by atoms with Crippen LogP contribution in [0.25, 0.3) is 11.0 Å². The second kappa shape index (κ2) is 7.01. The first kappa shape index (κ1) is 17.1. The van der Waals surface area contributed by atoms with E-state index in [1.807, 2.05) is 13.8 Å². The molecular weight excluding hydrogens is 324 g/mol. The molecular formula is C18H25ClN4O. The fourth-order valence-corrected chi connectivity index (χ4v) is 3.60. The number of halogens is 1. The minimum Gasteiger partial charge on any atom is -0.369 e. The lowest BCUT2D eigenvalue weighted by Crippen LogP contribution is -2.35. The van der Waals surface area contributed by atoms with Gasteiger partial charge in [0.1, 0.15) is 5.65 Å². The summed E-state index contributed by atoms with van der Waals surface area (Å²) in [7, 11) is 0. The van der Waals surface area contributed by atoms with Crippen molar-refractivity contribution in [1.82, 2.24) is 9.97 Å². The molecule has 0 unspecified atom stereocenters. The Labute approximate surface area is 147 Å². The van der Waals surface area contributed by atoms with E-state index in [1.54, 1.807) is 12.4 Å².